The number of carbonyl (C=O) groups excluding carboxylic acids is 1. The predicted molar refractivity (Wildman–Crippen MR) is 133 cm³/mol. The maximum absolute atomic E-state index is 14.6. The molecule has 1 aromatic carbocycles. The van der Waals surface area contributed by atoms with Crippen molar-refractivity contribution in [1.29, 1.82) is 0 Å². The quantitative estimate of drug-likeness (QED) is 0.228. The molecule has 1 amide bonds. The average molecular weight is 502 g/mol. The van der Waals surface area contributed by atoms with Crippen LogP contribution in [0.3, 0.4) is 0 Å². The summed E-state index contributed by atoms with van der Waals surface area (Å²) in [6.07, 6.45) is -0.536. The third-order valence-electron chi connectivity index (χ3n) is 5.40. The number of nitrogens with zero attached hydrogens (tertiary/aromatic N) is 2. The van der Waals surface area contributed by atoms with Gasteiger partial charge in [0.25, 0.3) is 0 Å². The Morgan fingerprint density at radius 1 is 1.24 bits per heavy atom. The van der Waals surface area contributed by atoms with Gasteiger partial charge in [-0.05, 0) is 72.0 Å². The summed E-state index contributed by atoms with van der Waals surface area (Å²) in [6.45, 7) is 14.8. The molecule has 6 nitrogen and oxygen atoms in total. The monoisotopic (exact) mass is 502 g/mol. The Bertz CT molecular complexity index is 878. The van der Waals surface area contributed by atoms with Crippen LogP contribution in [0, 0.1) is 5.82 Å². The van der Waals surface area contributed by atoms with Crippen molar-refractivity contribution < 1.29 is 27.1 Å². The van der Waals surface area contributed by atoms with Gasteiger partial charge in [0.2, 0.25) is 0 Å². The van der Waals surface area contributed by atoms with Crippen LogP contribution in [0.5, 0.6) is 0 Å². The maximum atomic E-state index is 14.6. The third kappa shape index (κ3) is 7.10. The van der Waals surface area contributed by atoms with Gasteiger partial charge in [-0.1, -0.05) is 30.8 Å². The number of amidine groups is 1. The van der Waals surface area contributed by atoms with Crippen molar-refractivity contribution in [2.75, 3.05) is 7.05 Å². The van der Waals surface area contributed by atoms with Crippen LogP contribution >= 0.6 is 24.1 Å². The molecule has 0 N–H and O–H groups in total. The lowest BCUT2D eigenvalue weighted by Crippen LogP contribution is -2.41. The van der Waals surface area contributed by atoms with Crippen LogP contribution in [-0.4, -0.2) is 51.8 Å². The third-order valence-corrected chi connectivity index (χ3v) is 7.12. The summed E-state index contributed by atoms with van der Waals surface area (Å²) < 4.78 is 46.3. The Hall–Kier alpha value is -1.30. The summed E-state index contributed by atoms with van der Waals surface area (Å²) in [5, 5.41) is -0.0874. The number of thioether (sulfide) groups is 1. The Balaban J connectivity index is 2.14. The standard InChI is InChI=1S/C22H33BF2N2O4S2/c1-14(32-18(26-9)27(33-25)19(28)29-20(2,3)4)12-15-13-16(10-11-17(15)24)23-30-21(5,6)22(7,8)31-23/h10-11,13-14H,12H2,1-9H3. The van der Waals surface area contributed by atoms with E-state index in [2.05, 4.69) is 4.99 Å². The number of hydrogen-bond acceptors (Lipinski definition) is 7. The van der Waals surface area contributed by atoms with Gasteiger partial charge in [-0.25, -0.2) is 9.18 Å². The molecule has 0 bridgehead atoms. The number of rotatable bonds is 5. The summed E-state index contributed by atoms with van der Waals surface area (Å²) in [7, 11) is 0.859. The molecule has 184 valence electrons. The van der Waals surface area contributed by atoms with Gasteiger partial charge in [-0.15, -0.1) is 3.89 Å². The number of ether oxygens (including phenoxy) is 1. The molecule has 0 radical (unpaired) electrons. The second-order valence-corrected chi connectivity index (χ2v) is 11.8. The fourth-order valence-electron chi connectivity index (χ4n) is 3.04. The van der Waals surface area contributed by atoms with E-state index in [1.165, 1.54) is 13.1 Å². The van der Waals surface area contributed by atoms with E-state index in [0.29, 0.717) is 12.0 Å². The molecule has 1 aliphatic heterocycles. The zero-order valence-electron chi connectivity index (χ0n) is 20.7. The summed E-state index contributed by atoms with van der Waals surface area (Å²) >= 11 is 0.880. The van der Waals surface area contributed by atoms with E-state index in [1.54, 1.807) is 32.9 Å². The molecule has 1 aliphatic rings. The van der Waals surface area contributed by atoms with Crippen molar-refractivity contribution in [2.24, 2.45) is 4.99 Å². The summed E-state index contributed by atoms with van der Waals surface area (Å²) in [6, 6.07) is 4.78. The smallest absolute Gasteiger partial charge is 0.443 e. The molecule has 1 heterocycles. The molecule has 1 saturated heterocycles. The Kier molecular flexibility index (Phi) is 8.92. The lowest BCUT2D eigenvalue weighted by molar-refractivity contribution is 0.00578. The topological polar surface area (TPSA) is 60.4 Å². The number of hydrogen-bond donors (Lipinski definition) is 0. The van der Waals surface area contributed by atoms with Crippen LogP contribution < -0.4 is 5.46 Å². The second-order valence-electron chi connectivity index (χ2n) is 9.92. The first-order chi connectivity index (χ1) is 15.1. The number of halogens is 2. The number of aliphatic imine (C=N–C) groups is 1. The summed E-state index contributed by atoms with van der Waals surface area (Å²) in [4.78, 5) is 16.4. The molecule has 1 fully saturated rings. The number of amides is 1. The Morgan fingerprint density at radius 3 is 2.30 bits per heavy atom. The molecule has 1 unspecified atom stereocenters. The van der Waals surface area contributed by atoms with E-state index < -0.39 is 30.0 Å². The molecule has 33 heavy (non-hydrogen) atoms. The molecular weight excluding hydrogens is 469 g/mol. The fraction of sp³-hybridized carbons (Fsp3) is 0.636. The Labute approximate surface area is 204 Å². The van der Waals surface area contributed by atoms with Crippen LogP contribution in [0.4, 0.5) is 13.1 Å². The van der Waals surface area contributed by atoms with E-state index in [4.69, 9.17) is 14.0 Å². The molecule has 0 aliphatic carbocycles. The first-order valence-electron chi connectivity index (χ1n) is 10.7. The molecule has 0 spiro atoms. The highest BCUT2D eigenvalue weighted by atomic mass is 32.2. The van der Waals surface area contributed by atoms with Crippen molar-refractivity contribution in [2.45, 2.75) is 83.9 Å². The molecule has 0 saturated carbocycles. The van der Waals surface area contributed by atoms with Crippen LogP contribution in [0.25, 0.3) is 0 Å². The minimum Gasteiger partial charge on any atom is -0.443 e. The van der Waals surface area contributed by atoms with E-state index in [0.717, 1.165) is 21.5 Å². The average Bonchev–Trinajstić information content (AvgIpc) is 2.89. The van der Waals surface area contributed by atoms with Crippen LogP contribution in [0.15, 0.2) is 23.2 Å². The number of benzene rings is 1. The van der Waals surface area contributed by atoms with Crippen molar-refractivity contribution in [3.05, 3.63) is 29.6 Å². The molecule has 0 aromatic heterocycles. The lowest BCUT2D eigenvalue weighted by Gasteiger charge is -2.32. The highest BCUT2D eigenvalue weighted by Crippen LogP contribution is 2.36. The molecule has 1 atom stereocenters. The van der Waals surface area contributed by atoms with E-state index in [-0.39, 0.29) is 28.6 Å². The van der Waals surface area contributed by atoms with Gasteiger partial charge >= 0.3 is 13.2 Å². The molecule has 11 heteroatoms. The van der Waals surface area contributed by atoms with Gasteiger partial charge in [-0.2, -0.15) is 4.31 Å². The van der Waals surface area contributed by atoms with Gasteiger partial charge < -0.3 is 14.0 Å². The van der Waals surface area contributed by atoms with Crippen LogP contribution in [0.2, 0.25) is 0 Å². The Morgan fingerprint density at radius 2 is 1.82 bits per heavy atom. The van der Waals surface area contributed by atoms with Crippen LogP contribution in [-0.2, 0) is 20.5 Å². The molecular formula is C22H33BF2N2O4S2. The number of carbonyl (C=O) groups is 1. The summed E-state index contributed by atoms with van der Waals surface area (Å²) in [5.74, 6) is -0.360. The SMILES string of the molecule is CN=C(SC(C)Cc1cc(B2OC(C)(C)C(C)(C)O2)ccc1F)N(SF)C(=O)OC(C)(C)C. The maximum Gasteiger partial charge on any atom is 0.494 e. The van der Waals surface area contributed by atoms with Gasteiger partial charge in [0.05, 0.1) is 11.2 Å². The van der Waals surface area contributed by atoms with Crippen molar-refractivity contribution in [1.82, 2.24) is 4.31 Å². The minimum absolute atomic E-state index is 0.131. The zero-order valence-corrected chi connectivity index (χ0v) is 22.3. The lowest BCUT2D eigenvalue weighted by atomic mass is 9.78. The van der Waals surface area contributed by atoms with Gasteiger partial charge in [0.1, 0.15) is 11.4 Å². The zero-order chi connectivity index (χ0) is 25.2. The second kappa shape index (κ2) is 10.5. The molecule has 2 rings (SSSR count). The van der Waals surface area contributed by atoms with Crippen molar-refractivity contribution in [3.63, 3.8) is 0 Å². The van der Waals surface area contributed by atoms with Gasteiger partial charge in [0, 0.05) is 12.3 Å². The van der Waals surface area contributed by atoms with E-state index in [9.17, 15) is 13.1 Å². The molecule has 1 aromatic rings. The minimum atomic E-state index is -0.857. The van der Waals surface area contributed by atoms with Gasteiger partial charge in [-0.3, -0.25) is 4.99 Å². The van der Waals surface area contributed by atoms with Gasteiger partial charge in [0.15, 0.2) is 17.5 Å². The largest absolute Gasteiger partial charge is 0.494 e. The van der Waals surface area contributed by atoms with Crippen molar-refractivity contribution in [3.8, 4) is 0 Å². The predicted octanol–water partition coefficient (Wildman–Crippen LogP) is 5.54. The first kappa shape index (κ1) is 27.9. The van der Waals surface area contributed by atoms with E-state index >= 15 is 0 Å². The van der Waals surface area contributed by atoms with E-state index in [1.807, 2.05) is 34.6 Å². The van der Waals surface area contributed by atoms with Crippen LogP contribution in [0.1, 0.15) is 61.0 Å². The summed E-state index contributed by atoms with van der Waals surface area (Å²) in [5.41, 5.74) is -0.596. The van der Waals surface area contributed by atoms with Crippen molar-refractivity contribution >= 4 is 47.9 Å². The fourth-order valence-corrected chi connectivity index (χ4v) is 4.39. The highest BCUT2D eigenvalue weighted by molar-refractivity contribution is 8.15. The highest BCUT2D eigenvalue weighted by Gasteiger charge is 2.51. The normalized spacial score (nSPS) is 18.9. The first-order valence-corrected chi connectivity index (χ1v) is 12.2.